The number of carbonyl (C=O) groups excluding carboxylic acids is 1. The van der Waals surface area contributed by atoms with Crippen LogP contribution < -0.4 is 4.72 Å². The second-order valence-electron chi connectivity index (χ2n) is 6.42. The van der Waals surface area contributed by atoms with E-state index >= 15 is 0 Å². The van der Waals surface area contributed by atoms with Gasteiger partial charge in [-0.25, -0.2) is 8.42 Å². The number of amides is 1. The van der Waals surface area contributed by atoms with E-state index in [-0.39, 0.29) is 17.6 Å². The topological polar surface area (TPSA) is 66.5 Å². The van der Waals surface area contributed by atoms with Gasteiger partial charge in [0.15, 0.2) is 0 Å². The van der Waals surface area contributed by atoms with Crippen LogP contribution in [0.15, 0.2) is 18.2 Å². The maximum atomic E-state index is 12.2. The summed E-state index contributed by atoms with van der Waals surface area (Å²) >= 11 is 0. The number of rotatable bonds is 6. The summed E-state index contributed by atoms with van der Waals surface area (Å²) in [6, 6.07) is 5.63. The summed E-state index contributed by atoms with van der Waals surface area (Å²) in [7, 11) is -3.30. The van der Waals surface area contributed by atoms with Crippen LogP contribution in [-0.2, 0) is 27.8 Å². The zero-order valence-corrected chi connectivity index (χ0v) is 14.9. The van der Waals surface area contributed by atoms with Gasteiger partial charge in [-0.3, -0.25) is 9.52 Å². The second-order valence-corrected chi connectivity index (χ2v) is 8.26. The molecule has 2 rings (SSSR count). The average molecular weight is 338 g/mol. The van der Waals surface area contributed by atoms with Gasteiger partial charge >= 0.3 is 0 Å². The zero-order valence-electron chi connectivity index (χ0n) is 14.1. The average Bonchev–Trinajstić information content (AvgIpc) is 2.51. The minimum absolute atomic E-state index is 0.0210. The highest BCUT2D eigenvalue weighted by molar-refractivity contribution is 7.92. The van der Waals surface area contributed by atoms with Crippen LogP contribution in [-0.4, -0.2) is 31.5 Å². The van der Waals surface area contributed by atoms with Crippen molar-refractivity contribution >= 4 is 21.6 Å². The van der Waals surface area contributed by atoms with E-state index in [0.29, 0.717) is 18.7 Å². The van der Waals surface area contributed by atoms with Crippen LogP contribution in [0.25, 0.3) is 0 Å². The molecule has 1 heterocycles. The van der Waals surface area contributed by atoms with Gasteiger partial charge in [-0.15, -0.1) is 0 Å². The maximum absolute atomic E-state index is 12.2. The van der Waals surface area contributed by atoms with E-state index in [1.807, 2.05) is 43.9 Å². The number of unbranched alkanes of at least 4 members (excludes halogenated alkanes) is 1. The monoisotopic (exact) mass is 338 g/mol. The molecule has 0 fully saturated rings. The van der Waals surface area contributed by atoms with E-state index in [1.54, 1.807) is 0 Å². The number of nitrogens with one attached hydrogen (secondary N) is 1. The Morgan fingerprint density at radius 3 is 2.70 bits per heavy atom. The molecule has 0 aliphatic carbocycles. The first-order valence-electron chi connectivity index (χ1n) is 8.23. The number of hydrogen-bond donors (Lipinski definition) is 1. The van der Waals surface area contributed by atoms with Crippen LogP contribution in [0.2, 0.25) is 0 Å². The Labute approximate surface area is 139 Å². The summed E-state index contributed by atoms with van der Waals surface area (Å²) in [5, 5.41) is 0. The number of anilines is 1. The highest BCUT2D eigenvalue weighted by Gasteiger charge is 2.23. The molecule has 1 amide bonds. The molecule has 0 saturated heterocycles. The lowest BCUT2D eigenvalue weighted by molar-refractivity contribution is -0.135. The van der Waals surface area contributed by atoms with Gasteiger partial charge in [0.25, 0.3) is 0 Å². The molecule has 1 aliphatic rings. The van der Waals surface area contributed by atoms with Crippen molar-refractivity contribution in [1.29, 1.82) is 0 Å². The van der Waals surface area contributed by atoms with Crippen LogP contribution >= 0.6 is 0 Å². The van der Waals surface area contributed by atoms with E-state index in [4.69, 9.17) is 0 Å². The smallest absolute Gasteiger partial charge is 0.232 e. The third kappa shape index (κ3) is 4.70. The molecular weight excluding hydrogens is 312 g/mol. The van der Waals surface area contributed by atoms with E-state index in [0.717, 1.165) is 24.9 Å². The van der Waals surface area contributed by atoms with Gasteiger partial charge in [-0.1, -0.05) is 33.3 Å². The number of benzene rings is 1. The Morgan fingerprint density at radius 1 is 1.30 bits per heavy atom. The third-order valence-corrected chi connectivity index (χ3v) is 5.44. The van der Waals surface area contributed by atoms with Gasteiger partial charge in [0.2, 0.25) is 15.9 Å². The van der Waals surface area contributed by atoms with Crippen molar-refractivity contribution in [1.82, 2.24) is 4.90 Å². The minimum Gasteiger partial charge on any atom is -0.338 e. The first-order valence-corrected chi connectivity index (χ1v) is 9.88. The maximum Gasteiger partial charge on any atom is 0.232 e. The molecular formula is C17H26N2O3S. The first-order chi connectivity index (χ1) is 10.8. The predicted octanol–water partition coefficient (Wildman–Crippen LogP) is 2.77. The summed E-state index contributed by atoms with van der Waals surface area (Å²) in [5.41, 5.74) is 2.80. The lowest BCUT2D eigenvalue weighted by Crippen LogP contribution is -2.38. The van der Waals surface area contributed by atoms with Crippen molar-refractivity contribution < 1.29 is 13.2 Å². The molecule has 0 radical (unpaired) electrons. The fourth-order valence-electron chi connectivity index (χ4n) is 2.74. The standard InChI is InChI=1S/C17H26N2O3S/c1-4-5-10-23(21,22)18-16-7-6-14-8-9-19(12-15(14)11-16)17(20)13(2)3/h6-7,11,13,18H,4-5,8-10,12H2,1-3H3. The number of fused-ring (bicyclic) bond motifs is 1. The van der Waals surface area contributed by atoms with E-state index in [1.165, 1.54) is 5.56 Å². The Bertz CT molecular complexity index is 668. The predicted molar refractivity (Wildman–Crippen MR) is 92.7 cm³/mol. The molecule has 1 aromatic carbocycles. The van der Waals surface area contributed by atoms with Gasteiger partial charge in [0.1, 0.15) is 0 Å². The molecule has 5 nitrogen and oxygen atoms in total. The highest BCUT2D eigenvalue weighted by atomic mass is 32.2. The summed E-state index contributed by atoms with van der Waals surface area (Å²) < 4.78 is 26.7. The van der Waals surface area contributed by atoms with Crippen LogP contribution in [0.4, 0.5) is 5.69 Å². The molecule has 23 heavy (non-hydrogen) atoms. The fraction of sp³-hybridized carbons (Fsp3) is 0.588. The Kier molecular flexibility index (Phi) is 5.68. The normalized spacial score (nSPS) is 14.7. The van der Waals surface area contributed by atoms with E-state index in [9.17, 15) is 13.2 Å². The fourth-order valence-corrected chi connectivity index (χ4v) is 4.00. The van der Waals surface area contributed by atoms with Gasteiger partial charge < -0.3 is 4.90 Å². The van der Waals surface area contributed by atoms with Crippen molar-refractivity contribution in [2.75, 3.05) is 17.0 Å². The minimum atomic E-state index is -3.30. The van der Waals surface area contributed by atoms with Crippen molar-refractivity contribution in [3.8, 4) is 0 Å². The molecule has 0 bridgehead atoms. The van der Waals surface area contributed by atoms with Gasteiger partial charge in [0, 0.05) is 24.7 Å². The van der Waals surface area contributed by atoms with E-state index in [2.05, 4.69) is 4.72 Å². The first kappa shape index (κ1) is 17.8. The van der Waals surface area contributed by atoms with Crippen molar-refractivity contribution in [3.63, 3.8) is 0 Å². The molecule has 0 spiro atoms. The van der Waals surface area contributed by atoms with Gasteiger partial charge in [-0.05, 0) is 36.1 Å². The van der Waals surface area contributed by atoms with E-state index < -0.39 is 10.0 Å². The number of sulfonamides is 1. The molecule has 1 aromatic rings. The van der Waals surface area contributed by atoms with Crippen LogP contribution in [0.5, 0.6) is 0 Å². The molecule has 1 aliphatic heterocycles. The van der Waals surface area contributed by atoms with Crippen LogP contribution in [0, 0.1) is 5.92 Å². The van der Waals surface area contributed by atoms with Crippen molar-refractivity contribution in [2.45, 2.75) is 46.6 Å². The molecule has 1 N–H and O–H groups in total. The van der Waals surface area contributed by atoms with Crippen molar-refractivity contribution in [3.05, 3.63) is 29.3 Å². The number of nitrogens with zero attached hydrogens (tertiary/aromatic N) is 1. The SMILES string of the molecule is CCCCS(=O)(=O)Nc1ccc2c(c1)CN(C(=O)C(C)C)CC2. The molecule has 0 atom stereocenters. The second kappa shape index (κ2) is 7.34. The summed E-state index contributed by atoms with van der Waals surface area (Å²) in [4.78, 5) is 14.0. The third-order valence-electron chi connectivity index (χ3n) is 4.06. The van der Waals surface area contributed by atoms with Crippen LogP contribution in [0.1, 0.15) is 44.7 Å². The lowest BCUT2D eigenvalue weighted by atomic mass is 9.98. The quantitative estimate of drug-likeness (QED) is 0.867. The summed E-state index contributed by atoms with van der Waals surface area (Å²) in [5.74, 6) is 0.260. The molecule has 6 heteroatoms. The Hall–Kier alpha value is -1.56. The Morgan fingerprint density at radius 2 is 2.04 bits per heavy atom. The zero-order chi connectivity index (χ0) is 17.0. The number of hydrogen-bond acceptors (Lipinski definition) is 3. The molecule has 0 saturated carbocycles. The van der Waals surface area contributed by atoms with Crippen LogP contribution in [0.3, 0.4) is 0 Å². The molecule has 0 aromatic heterocycles. The molecule has 0 unspecified atom stereocenters. The summed E-state index contributed by atoms with van der Waals surface area (Å²) in [6.07, 6.45) is 2.31. The van der Waals surface area contributed by atoms with Crippen molar-refractivity contribution in [2.24, 2.45) is 5.92 Å². The summed E-state index contributed by atoms with van der Waals surface area (Å²) in [6.45, 7) is 7.05. The Balaban J connectivity index is 2.13. The van der Waals surface area contributed by atoms with Gasteiger partial charge in [-0.2, -0.15) is 0 Å². The lowest BCUT2D eigenvalue weighted by Gasteiger charge is -2.30. The highest BCUT2D eigenvalue weighted by Crippen LogP contribution is 2.24. The number of carbonyl (C=O) groups is 1. The largest absolute Gasteiger partial charge is 0.338 e. The molecule has 128 valence electrons. The van der Waals surface area contributed by atoms with Gasteiger partial charge in [0.05, 0.1) is 5.75 Å².